The van der Waals surface area contributed by atoms with E-state index in [1.807, 2.05) is 30.3 Å². The van der Waals surface area contributed by atoms with Crippen LogP contribution in [0.5, 0.6) is 11.5 Å². The van der Waals surface area contributed by atoms with Gasteiger partial charge < -0.3 is 20.5 Å². The van der Waals surface area contributed by atoms with E-state index in [1.165, 1.54) is 11.3 Å². The molecule has 7 heteroatoms. The Morgan fingerprint density at radius 2 is 1.96 bits per heavy atom. The Kier molecular flexibility index (Phi) is 5.51. The zero-order valence-corrected chi connectivity index (χ0v) is 15.3. The van der Waals surface area contributed by atoms with Gasteiger partial charge in [0, 0.05) is 17.5 Å². The van der Waals surface area contributed by atoms with Crippen molar-refractivity contribution >= 4 is 29.7 Å². The first kappa shape index (κ1) is 18.0. The van der Waals surface area contributed by atoms with Crippen molar-refractivity contribution in [3.05, 3.63) is 35.2 Å². The van der Waals surface area contributed by atoms with Gasteiger partial charge in [0.05, 0.1) is 4.88 Å². The Hall–Kier alpha value is -1.76. The van der Waals surface area contributed by atoms with Crippen LogP contribution in [0.3, 0.4) is 0 Å². The molecule has 2 aromatic rings. The lowest BCUT2D eigenvalue weighted by molar-refractivity contribution is 0.0937. The van der Waals surface area contributed by atoms with Gasteiger partial charge in [-0.1, -0.05) is 0 Å². The minimum absolute atomic E-state index is 0. The summed E-state index contributed by atoms with van der Waals surface area (Å²) in [6.45, 7) is 1.64. The van der Waals surface area contributed by atoms with Crippen molar-refractivity contribution in [2.75, 3.05) is 19.8 Å². The number of hydrogen-bond donors (Lipinski definition) is 2. The van der Waals surface area contributed by atoms with Crippen molar-refractivity contribution in [1.82, 2.24) is 5.32 Å². The standard InChI is InChI=1S/C18H20N2O3S.ClH/c19-10-13(11-1-2-11)20-18(21)17-6-5-16(24-17)12-3-4-14-15(9-12)23-8-7-22-14;/h3-6,9,11,13H,1-2,7-8,10,19H2,(H,20,21);1H. The number of carbonyl (C=O) groups excluding carboxylic acids is 1. The highest BCUT2D eigenvalue weighted by molar-refractivity contribution is 7.17. The van der Waals surface area contributed by atoms with Crippen LogP contribution in [-0.4, -0.2) is 31.7 Å². The summed E-state index contributed by atoms with van der Waals surface area (Å²) >= 11 is 1.48. The van der Waals surface area contributed by atoms with Crippen molar-refractivity contribution in [2.45, 2.75) is 18.9 Å². The maximum Gasteiger partial charge on any atom is 0.261 e. The lowest BCUT2D eigenvalue weighted by Crippen LogP contribution is -2.41. The molecule has 1 fully saturated rings. The molecule has 1 amide bonds. The molecule has 25 heavy (non-hydrogen) atoms. The van der Waals surface area contributed by atoms with Gasteiger partial charge in [0.1, 0.15) is 13.2 Å². The van der Waals surface area contributed by atoms with E-state index >= 15 is 0 Å². The molecular weight excluding hydrogens is 360 g/mol. The summed E-state index contributed by atoms with van der Waals surface area (Å²) in [6.07, 6.45) is 2.32. The molecule has 0 saturated heterocycles. The largest absolute Gasteiger partial charge is 0.486 e. The number of fused-ring (bicyclic) bond motifs is 1. The van der Waals surface area contributed by atoms with E-state index < -0.39 is 0 Å². The highest BCUT2D eigenvalue weighted by Gasteiger charge is 2.31. The number of hydrogen-bond acceptors (Lipinski definition) is 5. The van der Waals surface area contributed by atoms with Crippen LogP contribution in [0.2, 0.25) is 0 Å². The van der Waals surface area contributed by atoms with Crippen molar-refractivity contribution in [3.8, 4) is 21.9 Å². The van der Waals surface area contributed by atoms with E-state index in [0.29, 0.717) is 30.6 Å². The number of rotatable bonds is 5. The molecule has 5 nitrogen and oxygen atoms in total. The lowest BCUT2D eigenvalue weighted by Gasteiger charge is -2.18. The highest BCUT2D eigenvalue weighted by atomic mass is 35.5. The average Bonchev–Trinajstić information content (AvgIpc) is 3.34. The number of benzene rings is 1. The summed E-state index contributed by atoms with van der Waals surface area (Å²) in [5.74, 6) is 2.05. The summed E-state index contributed by atoms with van der Waals surface area (Å²) in [5, 5.41) is 3.06. The molecule has 2 aliphatic rings. The molecule has 1 saturated carbocycles. The van der Waals surface area contributed by atoms with Crippen molar-refractivity contribution in [1.29, 1.82) is 0 Å². The molecule has 4 rings (SSSR count). The second-order valence-electron chi connectivity index (χ2n) is 6.18. The number of nitrogens with two attached hydrogens (primary N) is 1. The van der Waals surface area contributed by atoms with Crippen LogP contribution >= 0.6 is 23.7 Å². The maximum absolute atomic E-state index is 12.4. The molecule has 1 aliphatic carbocycles. The molecule has 0 bridgehead atoms. The highest BCUT2D eigenvalue weighted by Crippen LogP contribution is 2.37. The molecule has 1 atom stereocenters. The SMILES string of the molecule is Cl.NCC(NC(=O)c1ccc(-c2ccc3c(c2)OCCO3)s1)C1CC1. The van der Waals surface area contributed by atoms with Crippen LogP contribution in [0, 0.1) is 5.92 Å². The Labute approximate surface area is 156 Å². The minimum Gasteiger partial charge on any atom is -0.486 e. The Bertz CT molecular complexity index is 761. The maximum atomic E-state index is 12.4. The molecule has 1 aromatic carbocycles. The second-order valence-corrected chi connectivity index (χ2v) is 7.26. The first-order valence-corrected chi connectivity index (χ1v) is 9.07. The van der Waals surface area contributed by atoms with Gasteiger partial charge in [0.15, 0.2) is 11.5 Å². The summed E-state index contributed by atoms with van der Waals surface area (Å²) in [6, 6.07) is 9.81. The Balaban J connectivity index is 0.00000182. The second kappa shape index (κ2) is 7.64. The minimum atomic E-state index is -0.0360. The topological polar surface area (TPSA) is 73.6 Å². The van der Waals surface area contributed by atoms with E-state index in [1.54, 1.807) is 0 Å². The number of amides is 1. The van der Waals surface area contributed by atoms with Gasteiger partial charge >= 0.3 is 0 Å². The third kappa shape index (κ3) is 3.92. The Morgan fingerprint density at radius 1 is 1.20 bits per heavy atom. The van der Waals surface area contributed by atoms with Gasteiger partial charge in [-0.3, -0.25) is 4.79 Å². The van der Waals surface area contributed by atoms with Gasteiger partial charge in [-0.15, -0.1) is 23.7 Å². The predicted octanol–water partition coefficient (Wildman–Crippen LogP) is 3.08. The smallest absolute Gasteiger partial charge is 0.261 e. The van der Waals surface area contributed by atoms with Gasteiger partial charge in [0.25, 0.3) is 5.91 Å². The molecular formula is C18H21ClN2O3S. The van der Waals surface area contributed by atoms with Crippen molar-refractivity contribution in [3.63, 3.8) is 0 Å². The van der Waals surface area contributed by atoms with Gasteiger partial charge in [-0.2, -0.15) is 0 Å². The molecule has 134 valence electrons. The fraction of sp³-hybridized carbons (Fsp3) is 0.389. The summed E-state index contributed by atoms with van der Waals surface area (Å²) in [5.41, 5.74) is 6.79. The molecule has 3 N–H and O–H groups in total. The number of thiophene rings is 1. The fourth-order valence-electron chi connectivity index (χ4n) is 2.92. The van der Waals surface area contributed by atoms with Crippen LogP contribution < -0.4 is 20.5 Å². The van der Waals surface area contributed by atoms with Crippen LogP contribution in [0.1, 0.15) is 22.5 Å². The van der Waals surface area contributed by atoms with E-state index in [9.17, 15) is 4.79 Å². The van der Waals surface area contributed by atoms with Crippen molar-refractivity contribution in [2.24, 2.45) is 11.7 Å². The van der Waals surface area contributed by atoms with Crippen LogP contribution in [-0.2, 0) is 0 Å². The Morgan fingerprint density at radius 3 is 2.68 bits per heavy atom. The van der Waals surface area contributed by atoms with Crippen LogP contribution in [0.4, 0.5) is 0 Å². The quantitative estimate of drug-likeness (QED) is 0.836. The summed E-state index contributed by atoms with van der Waals surface area (Å²) in [4.78, 5) is 14.2. The third-order valence-corrected chi connectivity index (χ3v) is 5.55. The van der Waals surface area contributed by atoms with Crippen LogP contribution in [0.15, 0.2) is 30.3 Å². The monoisotopic (exact) mass is 380 g/mol. The normalized spacial score (nSPS) is 16.7. The lowest BCUT2D eigenvalue weighted by atomic mass is 10.1. The van der Waals surface area contributed by atoms with E-state index in [0.717, 1.165) is 34.8 Å². The molecule has 1 unspecified atom stereocenters. The first-order chi connectivity index (χ1) is 11.7. The first-order valence-electron chi connectivity index (χ1n) is 8.25. The fourth-order valence-corrected chi connectivity index (χ4v) is 3.82. The number of carbonyl (C=O) groups is 1. The van der Waals surface area contributed by atoms with E-state index in [2.05, 4.69) is 5.32 Å². The number of halogens is 1. The third-order valence-electron chi connectivity index (χ3n) is 4.42. The van der Waals surface area contributed by atoms with E-state index in [4.69, 9.17) is 15.2 Å². The average molecular weight is 381 g/mol. The molecule has 2 heterocycles. The number of nitrogens with one attached hydrogen (secondary N) is 1. The zero-order chi connectivity index (χ0) is 16.5. The zero-order valence-electron chi connectivity index (χ0n) is 13.7. The van der Waals surface area contributed by atoms with Crippen LogP contribution in [0.25, 0.3) is 10.4 Å². The van der Waals surface area contributed by atoms with Gasteiger partial charge in [-0.25, -0.2) is 0 Å². The molecule has 1 aromatic heterocycles. The van der Waals surface area contributed by atoms with E-state index in [-0.39, 0.29) is 24.4 Å². The molecule has 1 aliphatic heterocycles. The molecule has 0 spiro atoms. The summed E-state index contributed by atoms with van der Waals surface area (Å²) < 4.78 is 11.2. The van der Waals surface area contributed by atoms with Gasteiger partial charge in [-0.05, 0) is 54.7 Å². The predicted molar refractivity (Wildman–Crippen MR) is 101 cm³/mol. The van der Waals surface area contributed by atoms with Gasteiger partial charge in [0.2, 0.25) is 0 Å². The summed E-state index contributed by atoms with van der Waals surface area (Å²) in [7, 11) is 0. The molecule has 0 radical (unpaired) electrons. The number of ether oxygens (including phenoxy) is 2. The van der Waals surface area contributed by atoms with Crippen molar-refractivity contribution < 1.29 is 14.3 Å².